The molecule has 1 amide bonds. The monoisotopic (exact) mass is 308 g/mol. The maximum Gasteiger partial charge on any atom is 0.324 e. The topological polar surface area (TPSA) is 72.6 Å². The summed E-state index contributed by atoms with van der Waals surface area (Å²) in [4.78, 5) is 25.2. The van der Waals surface area contributed by atoms with Gasteiger partial charge in [0.25, 0.3) is 0 Å². The highest BCUT2D eigenvalue weighted by atomic mass is 32.2. The number of primary amides is 1. The van der Waals surface area contributed by atoms with Gasteiger partial charge in [-0.2, -0.15) is 11.8 Å². The number of benzene rings is 1. The van der Waals surface area contributed by atoms with Gasteiger partial charge in [0.15, 0.2) is 0 Å². The van der Waals surface area contributed by atoms with Gasteiger partial charge in [0.1, 0.15) is 6.04 Å². The average molecular weight is 308 g/mol. The van der Waals surface area contributed by atoms with Crippen molar-refractivity contribution in [3.63, 3.8) is 0 Å². The summed E-state index contributed by atoms with van der Waals surface area (Å²) >= 11 is 1.77. The van der Waals surface area contributed by atoms with E-state index in [4.69, 9.17) is 10.5 Å². The number of rotatable bonds is 5. The van der Waals surface area contributed by atoms with E-state index in [9.17, 15) is 9.59 Å². The molecule has 114 valence electrons. The zero-order chi connectivity index (χ0) is 15.2. The maximum atomic E-state index is 12.0. The smallest absolute Gasteiger partial charge is 0.324 e. The lowest BCUT2D eigenvalue weighted by Gasteiger charge is -2.33. The molecule has 0 aromatic heterocycles. The van der Waals surface area contributed by atoms with Crippen molar-refractivity contribution in [2.75, 3.05) is 24.7 Å². The minimum Gasteiger partial charge on any atom is -0.465 e. The van der Waals surface area contributed by atoms with E-state index in [1.807, 2.05) is 19.1 Å². The van der Waals surface area contributed by atoms with Gasteiger partial charge in [-0.15, -0.1) is 0 Å². The van der Waals surface area contributed by atoms with Crippen molar-refractivity contribution in [1.29, 1.82) is 0 Å². The number of carbonyl (C=O) groups excluding carboxylic acids is 2. The molecule has 1 aromatic carbocycles. The van der Waals surface area contributed by atoms with Gasteiger partial charge in [-0.05, 0) is 24.6 Å². The predicted octanol–water partition coefficient (Wildman–Crippen LogP) is 1.27. The third kappa shape index (κ3) is 4.22. The van der Waals surface area contributed by atoms with Gasteiger partial charge in [0, 0.05) is 30.2 Å². The molecule has 0 bridgehead atoms. The van der Waals surface area contributed by atoms with Crippen LogP contribution in [0.2, 0.25) is 0 Å². The molecule has 2 rings (SSSR count). The average Bonchev–Trinajstić information content (AvgIpc) is 2.48. The highest BCUT2D eigenvalue weighted by Crippen LogP contribution is 2.20. The van der Waals surface area contributed by atoms with Gasteiger partial charge in [-0.3, -0.25) is 14.5 Å². The lowest BCUT2D eigenvalue weighted by atomic mass is 10.1. The Morgan fingerprint density at radius 1 is 1.38 bits per heavy atom. The zero-order valence-corrected chi connectivity index (χ0v) is 12.9. The molecule has 0 radical (unpaired) electrons. The molecule has 1 saturated heterocycles. The van der Waals surface area contributed by atoms with E-state index in [-0.39, 0.29) is 12.0 Å². The highest BCUT2D eigenvalue weighted by molar-refractivity contribution is 7.99. The number of esters is 1. The molecule has 0 aliphatic carbocycles. The Hall–Kier alpha value is -1.53. The van der Waals surface area contributed by atoms with E-state index in [0.29, 0.717) is 18.7 Å². The van der Waals surface area contributed by atoms with Crippen molar-refractivity contribution in [3.05, 3.63) is 35.4 Å². The van der Waals surface area contributed by atoms with Crippen LogP contribution in [0, 0.1) is 0 Å². The van der Waals surface area contributed by atoms with E-state index >= 15 is 0 Å². The Labute approximate surface area is 128 Å². The van der Waals surface area contributed by atoms with E-state index in [0.717, 1.165) is 23.6 Å². The molecule has 1 unspecified atom stereocenters. The summed E-state index contributed by atoms with van der Waals surface area (Å²) in [6.45, 7) is 3.75. The van der Waals surface area contributed by atoms with Gasteiger partial charge in [0.05, 0.1) is 6.61 Å². The third-order valence-corrected chi connectivity index (χ3v) is 4.44. The van der Waals surface area contributed by atoms with E-state index in [1.54, 1.807) is 23.9 Å². The van der Waals surface area contributed by atoms with Crippen molar-refractivity contribution in [2.24, 2.45) is 5.73 Å². The van der Waals surface area contributed by atoms with Crippen molar-refractivity contribution in [3.8, 4) is 0 Å². The van der Waals surface area contributed by atoms with Crippen molar-refractivity contribution >= 4 is 23.6 Å². The van der Waals surface area contributed by atoms with Crippen molar-refractivity contribution in [1.82, 2.24) is 4.90 Å². The van der Waals surface area contributed by atoms with E-state index in [2.05, 4.69) is 4.90 Å². The van der Waals surface area contributed by atoms with Crippen LogP contribution in [-0.2, 0) is 16.1 Å². The molecule has 1 fully saturated rings. The van der Waals surface area contributed by atoms with Crippen molar-refractivity contribution < 1.29 is 14.3 Å². The fourth-order valence-electron chi connectivity index (χ4n) is 2.29. The van der Waals surface area contributed by atoms with Gasteiger partial charge < -0.3 is 10.5 Å². The lowest BCUT2D eigenvalue weighted by Crippen LogP contribution is -2.47. The quantitative estimate of drug-likeness (QED) is 0.829. The molecule has 1 atom stereocenters. The standard InChI is InChI=1S/C15H20N2O3S/c1-2-20-15(19)13-10-21-8-7-17(13)9-11-3-5-12(6-4-11)14(16)18/h3-6,13H,2,7-10H2,1H3,(H2,16,18). The molecule has 1 aliphatic heterocycles. The number of hydrogen-bond acceptors (Lipinski definition) is 5. The second-order valence-corrected chi connectivity index (χ2v) is 6.02. The van der Waals surface area contributed by atoms with Crippen LogP contribution in [0.1, 0.15) is 22.8 Å². The molecule has 0 spiro atoms. The Kier molecular flexibility index (Phi) is 5.64. The molecule has 1 aliphatic rings. The van der Waals surface area contributed by atoms with E-state index in [1.165, 1.54) is 0 Å². The number of hydrogen-bond donors (Lipinski definition) is 1. The SMILES string of the molecule is CCOC(=O)C1CSCCN1Cc1ccc(C(N)=O)cc1. The first kappa shape index (κ1) is 15.9. The fourth-order valence-corrected chi connectivity index (χ4v) is 3.39. The first-order chi connectivity index (χ1) is 10.1. The lowest BCUT2D eigenvalue weighted by molar-refractivity contribution is -0.148. The summed E-state index contributed by atoms with van der Waals surface area (Å²) < 4.78 is 5.14. The van der Waals surface area contributed by atoms with Gasteiger partial charge >= 0.3 is 5.97 Å². The van der Waals surface area contributed by atoms with Crippen LogP contribution < -0.4 is 5.73 Å². The molecular weight excluding hydrogens is 288 g/mol. The Balaban J connectivity index is 2.04. The first-order valence-electron chi connectivity index (χ1n) is 6.99. The summed E-state index contributed by atoms with van der Waals surface area (Å²) in [5.74, 6) is 1.19. The molecule has 5 nitrogen and oxygen atoms in total. The normalized spacial score (nSPS) is 19.2. The summed E-state index contributed by atoms with van der Waals surface area (Å²) in [7, 11) is 0. The largest absolute Gasteiger partial charge is 0.465 e. The second-order valence-electron chi connectivity index (χ2n) is 4.87. The molecule has 2 N–H and O–H groups in total. The summed E-state index contributed by atoms with van der Waals surface area (Å²) in [5, 5.41) is 0. The fraction of sp³-hybridized carbons (Fsp3) is 0.467. The van der Waals surface area contributed by atoms with Crippen molar-refractivity contribution in [2.45, 2.75) is 19.5 Å². The molecule has 21 heavy (non-hydrogen) atoms. The number of carbonyl (C=O) groups is 2. The number of amides is 1. The second kappa shape index (κ2) is 7.47. The summed E-state index contributed by atoms with van der Waals surface area (Å²) in [6, 6.07) is 7.00. The highest BCUT2D eigenvalue weighted by Gasteiger charge is 2.30. The number of nitrogens with zero attached hydrogens (tertiary/aromatic N) is 1. The zero-order valence-electron chi connectivity index (χ0n) is 12.1. The van der Waals surface area contributed by atoms with Crippen LogP contribution in [0.3, 0.4) is 0 Å². The number of ether oxygens (including phenoxy) is 1. The van der Waals surface area contributed by atoms with E-state index < -0.39 is 5.91 Å². The molecule has 0 saturated carbocycles. The summed E-state index contributed by atoms with van der Waals surface area (Å²) in [5.41, 5.74) is 6.78. The first-order valence-corrected chi connectivity index (χ1v) is 8.14. The minimum atomic E-state index is -0.430. The van der Waals surface area contributed by atoms with Crippen LogP contribution >= 0.6 is 11.8 Å². The Morgan fingerprint density at radius 2 is 2.10 bits per heavy atom. The minimum absolute atomic E-state index is 0.154. The third-order valence-electron chi connectivity index (χ3n) is 3.42. The Morgan fingerprint density at radius 3 is 2.71 bits per heavy atom. The van der Waals surface area contributed by atoms with Gasteiger partial charge in [0.2, 0.25) is 5.91 Å². The molecule has 1 aromatic rings. The number of nitrogens with two attached hydrogens (primary N) is 1. The van der Waals surface area contributed by atoms with Gasteiger partial charge in [-0.1, -0.05) is 12.1 Å². The molecule has 1 heterocycles. The van der Waals surface area contributed by atoms with Crippen LogP contribution in [0.15, 0.2) is 24.3 Å². The maximum absolute atomic E-state index is 12.0. The van der Waals surface area contributed by atoms with Crippen LogP contribution in [0.4, 0.5) is 0 Å². The molecular formula is C15H20N2O3S. The predicted molar refractivity (Wildman–Crippen MR) is 83.1 cm³/mol. The molecule has 6 heteroatoms. The number of thioether (sulfide) groups is 1. The Bertz CT molecular complexity index is 504. The van der Waals surface area contributed by atoms with Gasteiger partial charge in [-0.25, -0.2) is 0 Å². The van der Waals surface area contributed by atoms with Crippen LogP contribution in [0.5, 0.6) is 0 Å². The van der Waals surface area contributed by atoms with Crippen LogP contribution in [-0.4, -0.2) is 47.5 Å². The van der Waals surface area contributed by atoms with Crippen LogP contribution in [0.25, 0.3) is 0 Å². The summed E-state index contributed by atoms with van der Waals surface area (Å²) in [6.07, 6.45) is 0.